The quantitative estimate of drug-likeness (QED) is 0.879. The molecule has 1 N–H and O–H groups in total. The highest BCUT2D eigenvalue weighted by molar-refractivity contribution is 6.07. The van der Waals surface area contributed by atoms with Gasteiger partial charge in [0.15, 0.2) is 5.82 Å². The zero-order valence-electron chi connectivity index (χ0n) is 15.4. The second kappa shape index (κ2) is 7.99. The number of hydrogen-bond acceptors (Lipinski definition) is 7. The molecule has 1 amide bonds. The maximum absolute atomic E-state index is 12.6. The van der Waals surface area contributed by atoms with Gasteiger partial charge in [0.05, 0.1) is 13.3 Å². The molecule has 0 aromatic carbocycles. The standard InChI is InChI=1S/C18H24N6O2/c1-23(2)15-14(12-20-18(22-15)24-10-5-4-6-11-24)21-16(25)13-8-7-9-19-17(13)26-3/h7-9,12H,4-6,10-11H2,1-3H3,(H,21,25). The van der Waals surface area contributed by atoms with Crippen LogP contribution in [0.25, 0.3) is 0 Å². The number of hydrogen-bond donors (Lipinski definition) is 1. The number of piperidine rings is 1. The second-order valence-corrected chi connectivity index (χ2v) is 6.36. The number of nitrogens with zero attached hydrogens (tertiary/aromatic N) is 5. The lowest BCUT2D eigenvalue weighted by Gasteiger charge is -2.28. The van der Waals surface area contributed by atoms with Crippen molar-refractivity contribution in [1.82, 2.24) is 15.0 Å². The minimum absolute atomic E-state index is 0.280. The summed E-state index contributed by atoms with van der Waals surface area (Å²) in [6, 6.07) is 3.36. The summed E-state index contributed by atoms with van der Waals surface area (Å²) in [5.74, 6) is 1.33. The summed E-state index contributed by atoms with van der Waals surface area (Å²) in [7, 11) is 5.27. The molecule has 26 heavy (non-hydrogen) atoms. The third kappa shape index (κ3) is 3.84. The summed E-state index contributed by atoms with van der Waals surface area (Å²) in [4.78, 5) is 29.9. The number of pyridine rings is 1. The van der Waals surface area contributed by atoms with Crippen LogP contribution in [0.4, 0.5) is 17.5 Å². The largest absolute Gasteiger partial charge is 0.480 e. The Labute approximate surface area is 153 Å². The van der Waals surface area contributed by atoms with Gasteiger partial charge in [-0.3, -0.25) is 4.79 Å². The molecular formula is C18H24N6O2. The maximum Gasteiger partial charge on any atom is 0.261 e. The van der Waals surface area contributed by atoms with E-state index in [1.807, 2.05) is 19.0 Å². The minimum Gasteiger partial charge on any atom is -0.480 e. The van der Waals surface area contributed by atoms with E-state index in [-0.39, 0.29) is 11.8 Å². The van der Waals surface area contributed by atoms with Crippen molar-refractivity contribution in [2.75, 3.05) is 49.4 Å². The molecule has 8 heteroatoms. The Bertz CT molecular complexity index is 774. The topological polar surface area (TPSA) is 83.5 Å². The molecule has 0 saturated carbocycles. The molecule has 138 valence electrons. The SMILES string of the molecule is COc1ncccc1C(=O)Nc1cnc(N2CCCCC2)nc1N(C)C. The molecular weight excluding hydrogens is 332 g/mol. The lowest BCUT2D eigenvalue weighted by Crippen LogP contribution is -2.31. The Morgan fingerprint density at radius 2 is 2.00 bits per heavy atom. The van der Waals surface area contributed by atoms with Crippen LogP contribution in [0.15, 0.2) is 24.5 Å². The van der Waals surface area contributed by atoms with E-state index in [2.05, 4.69) is 25.2 Å². The third-order valence-corrected chi connectivity index (χ3v) is 4.28. The number of ether oxygens (including phenoxy) is 1. The van der Waals surface area contributed by atoms with Crippen molar-refractivity contribution in [3.8, 4) is 5.88 Å². The fourth-order valence-electron chi connectivity index (χ4n) is 2.96. The molecule has 0 bridgehead atoms. The highest BCUT2D eigenvalue weighted by Gasteiger charge is 2.19. The van der Waals surface area contributed by atoms with Gasteiger partial charge in [-0.25, -0.2) is 9.97 Å². The van der Waals surface area contributed by atoms with Crippen LogP contribution in [0.1, 0.15) is 29.6 Å². The average Bonchev–Trinajstić information content (AvgIpc) is 2.68. The molecule has 0 atom stereocenters. The molecule has 0 spiro atoms. The lowest BCUT2D eigenvalue weighted by molar-refractivity contribution is 0.102. The van der Waals surface area contributed by atoms with E-state index >= 15 is 0 Å². The number of methoxy groups -OCH3 is 1. The van der Waals surface area contributed by atoms with Gasteiger partial charge in [0.1, 0.15) is 11.3 Å². The highest BCUT2D eigenvalue weighted by atomic mass is 16.5. The van der Waals surface area contributed by atoms with E-state index in [1.165, 1.54) is 13.5 Å². The molecule has 8 nitrogen and oxygen atoms in total. The monoisotopic (exact) mass is 356 g/mol. The van der Waals surface area contributed by atoms with Gasteiger partial charge in [-0.2, -0.15) is 4.98 Å². The number of anilines is 3. The van der Waals surface area contributed by atoms with Crippen molar-refractivity contribution in [2.45, 2.75) is 19.3 Å². The Hall–Kier alpha value is -2.90. The summed E-state index contributed by atoms with van der Waals surface area (Å²) in [6.07, 6.45) is 6.79. The summed E-state index contributed by atoms with van der Waals surface area (Å²) in [6.45, 7) is 1.93. The first-order valence-corrected chi connectivity index (χ1v) is 8.70. The number of nitrogens with one attached hydrogen (secondary N) is 1. The zero-order valence-corrected chi connectivity index (χ0v) is 15.4. The lowest BCUT2D eigenvalue weighted by atomic mass is 10.1. The Morgan fingerprint density at radius 1 is 1.23 bits per heavy atom. The predicted molar refractivity (Wildman–Crippen MR) is 101 cm³/mol. The molecule has 3 heterocycles. The van der Waals surface area contributed by atoms with Crippen molar-refractivity contribution in [2.24, 2.45) is 0 Å². The molecule has 1 aliphatic rings. The van der Waals surface area contributed by atoms with Gasteiger partial charge in [-0.1, -0.05) is 0 Å². The molecule has 0 unspecified atom stereocenters. The van der Waals surface area contributed by atoms with E-state index in [0.29, 0.717) is 23.0 Å². The van der Waals surface area contributed by atoms with Crippen LogP contribution in [0.2, 0.25) is 0 Å². The Balaban J connectivity index is 1.86. The van der Waals surface area contributed by atoms with E-state index in [0.717, 1.165) is 25.9 Å². The first-order valence-electron chi connectivity index (χ1n) is 8.70. The number of carbonyl (C=O) groups is 1. The molecule has 1 saturated heterocycles. The smallest absolute Gasteiger partial charge is 0.261 e. The molecule has 0 radical (unpaired) electrons. The summed E-state index contributed by atoms with van der Waals surface area (Å²) in [5.41, 5.74) is 0.909. The fraction of sp³-hybridized carbons (Fsp3) is 0.444. The van der Waals surface area contributed by atoms with Crippen LogP contribution in [-0.4, -0.2) is 55.2 Å². The molecule has 1 aliphatic heterocycles. The fourth-order valence-corrected chi connectivity index (χ4v) is 2.96. The first kappa shape index (κ1) is 17.9. The molecule has 2 aromatic heterocycles. The molecule has 2 aromatic rings. The van der Waals surface area contributed by atoms with Gasteiger partial charge < -0.3 is 19.9 Å². The summed E-state index contributed by atoms with van der Waals surface area (Å²) < 4.78 is 5.16. The number of aromatic nitrogens is 3. The van der Waals surface area contributed by atoms with Gasteiger partial charge >= 0.3 is 0 Å². The van der Waals surface area contributed by atoms with Crippen LogP contribution in [0, 0.1) is 0 Å². The second-order valence-electron chi connectivity index (χ2n) is 6.36. The highest BCUT2D eigenvalue weighted by Crippen LogP contribution is 2.26. The van der Waals surface area contributed by atoms with Crippen LogP contribution >= 0.6 is 0 Å². The van der Waals surface area contributed by atoms with Crippen molar-refractivity contribution in [3.63, 3.8) is 0 Å². The minimum atomic E-state index is -0.313. The predicted octanol–water partition coefficient (Wildman–Crippen LogP) is 2.19. The van der Waals surface area contributed by atoms with Gasteiger partial charge in [0.25, 0.3) is 5.91 Å². The molecule has 0 aliphatic carbocycles. The van der Waals surface area contributed by atoms with Gasteiger partial charge in [0.2, 0.25) is 11.8 Å². The summed E-state index contributed by atoms with van der Waals surface area (Å²) >= 11 is 0. The Kier molecular flexibility index (Phi) is 5.50. The molecule has 3 rings (SSSR count). The Morgan fingerprint density at radius 3 is 2.69 bits per heavy atom. The normalized spacial score (nSPS) is 14.0. The van der Waals surface area contributed by atoms with Crippen LogP contribution in [0.3, 0.4) is 0 Å². The van der Waals surface area contributed by atoms with Crippen molar-refractivity contribution < 1.29 is 9.53 Å². The van der Waals surface area contributed by atoms with E-state index in [4.69, 9.17) is 4.74 Å². The zero-order chi connectivity index (χ0) is 18.5. The van der Waals surface area contributed by atoms with Gasteiger partial charge in [0, 0.05) is 33.4 Å². The first-order chi connectivity index (χ1) is 12.6. The molecule has 1 fully saturated rings. The van der Waals surface area contributed by atoms with Crippen LogP contribution in [0.5, 0.6) is 5.88 Å². The van der Waals surface area contributed by atoms with E-state index in [1.54, 1.807) is 24.5 Å². The van der Waals surface area contributed by atoms with Crippen molar-refractivity contribution in [3.05, 3.63) is 30.1 Å². The number of rotatable bonds is 5. The average molecular weight is 356 g/mol. The van der Waals surface area contributed by atoms with Crippen LogP contribution in [-0.2, 0) is 0 Å². The van der Waals surface area contributed by atoms with E-state index < -0.39 is 0 Å². The maximum atomic E-state index is 12.6. The van der Waals surface area contributed by atoms with Gasteiger partial charge in [-0.05, 0) is 31.4 Å². The number of carbonyl (C=O) groups excluding carboxylic acids is 1. The van der Waals surface area contributed by atoms with Gasteiger partial charge in [-0.15, -0.1) is 0 Å². The van der Waals surface area contributed by atoms with Crippen molar-refractivity contribution >= 4 is 23.4 Å². The third-order valence-electron chi connectivity index (χ3n) is 4.28. The van der Waals surface area contributed by atoms with Crippen molar-refractivity contribution in [1.29, 1.82) is 0 Å². The van der Waals surface area contributed by atoms with Crippen LogP contribution < -0.4 is 19.9 Å². The summed E-state index contributed by atoms with van der Waals surface area (Å²) in [5, 5.41) is 2.87. The number of amides is 1. The van der Waals surface area contributed by atoms with E-state index in [9.17, 15) is 4.79 Å².